The van der Waals surface area contributed by atoms with Crippen LogP contribution in [0, 0.1) is 11.8 Å². The molecular formula is C26H44N6O2. The lowest BCUT2D eigenvalue weighted by atomic mass is 9.90. The van der Waals surface area contributed by atoms with Gasteiger partial charge in [-0.2, -0.15) is 0 Å². The highest BCUT2D eigenvalue weighted by Crippen LogP contribution is 2.28. The van der Waals surface area contributed by atoms with Gasteiger partial charge in [0.15, 0.2) is 0 Å². The highest BCUT2D eigenvalue weighted by atomic mass is 16.2. The summed E-state index contributed by atoms with van der Waals surface area (Å²) in [5.41, 5.74) is 7.60. The lowest BCUT2D eigenvalue weighted by molar-refractivity contribution is -0.133. The number of rotatable bonds is 6. The van der Waals surface area contributed by atoms with Gasteiger partial charge >= 0.3 is 0 Å². The zero-order valence-electron chi connectivity index (χ0n) is 21.1. The van der Waals surface area contributed by atoms with Gasteiger partial charge < -0.3 is 21.3 Å². The topological polar surface area (TPSA) is 103 Å². The van der Waals surface area contributed by atoms with E-state index in [2.05, 4.69) is 53.0 Å². The van der Waals surface area contributed by atoms with Crippen LogP contribution in [0.4, 0.5) is 0 Å². The average Bonchev–Trinajstić information content (AvgIpc) is 3.25. The molecule has 0 radical (unpaired) electrons. The molecule has 5 unspecified atom stereocenters. The van der Waals surface area contributed by atoms with Crippen LogP contribution in [-0.4, -0.2) is 72.2 Å². The zero-order valence-corrected chi connectivity index (χ0v) is 21.1. The molecule has 2 amide bonds. The largest absolute Gasteiger partial charge is 0.386 e. The molecule has 34 heavy (non-hydrogen) atoms. The van der Waals surface area contributed by atoms with Gasteiger partial charge in [-0.15, -0.1) is 0 Å². The first-order chi connectivity index (χ1) is 16.3. The number of carbonyl (C=O) groups excluding carboxylic acids is 2. The fourth-order valence-corrected chi connectivity index (χ4v) is 6.14. The van der Waals surface area contributed by atoms with Crippen molar-refractivity contribution in [3.63, 3.8) is 0 Å². The summed E-state index contributed by atoms with van der Waals surface area (Å²) in [5.74, 6) is 0.816. The summed E-state index contributed by atoms with van der Waals surface area (Å²) in [6, 6.07) is 0.827. The lowest BCUT2D eigenvalue weighted by Gasteiger charge is -2.43. The van der Waals surface area contributed by atoms with Gasteiger partial charge in [-0.05, 0) is 64.3 Å². The van der Waals surface area contributed by atoms with Crippen molar-refractivity contribution in [3.8, 4) is 0 Å². The Hall–Kier alpha value is -1.90. The van der Waals surface area contributed by atoms with Crippen LogP contribution in [0.2, 0.25) is 0 Å². The fraction of sp³-hybridized carbons (Fsp3) is 0.769. The fourth-order valence-electron chi connectivity index (χ4n) is 6.14. The number of nitrogens with two attached hydrogens (primary N) is 1. The summed E-state index contributed by atoms with van der Waals surface area (Å²) in [6.07, 6.45) is 15.0. The number of carbonyl (C=O) groups is 2. The van der Waals surface area contributed by atoms with Crippen LogP contribution in [0.25, 0.3) is 0 Å². The smallest absolute Gasteiger partial charge is 0.229 e. The molecular weight excluding hydrogens is 428 g/mol. The summed E-state index contributed by atoms with van der Waals surface area (Å²) in [4.78, 5) is 28.9. The van der Waals surface area contributed by atoms with Crippen LogP contribution >= 0.6 is 0 Å². The third kappa shape index (κ3) is 6.40. The van der Waals surface area contributed by atoms with Crippen LogP contribution in [0.5, 0.6) is 0 Å². The molecule has 0 aromatic carbocycles. The Morgan fingerprint density at radius 2 is 2.03 bits per heavy atom. The molecule has 4 rings (SSSR count). The molecule has 0 saturated carbocycles. The molecule has 0 bridgehead atoms. The highest BCUT2D eigenvalue weighted by molar-refractivity contribution is 5.81. The monoisotopic (exact) mass is 472 g/mol. The van der Waals surface area contributed by atoms with Crippen molar-refractivity contribution in [1.29, 1.82) is 0 Å². The van der Waals surface area contributed by atoms with Crippen LogP contribution in [0.15, 0.2) is 23.9 Å². The molecule has 5 N–H and O–H groups in total. The average molecular weight is 473 g/mol. The SMILES string of the molecule is CC(=O)N[C@@H]1CCN(C(=O)C2C=C(NC3CC(N(C)C4C=CCC(C)C4)N[C@H](N)C3)CCC2)C1. The van der Waals surface area contributed by atoms with Crippen molar-refractivity contribution in [3.05, 3.63) is 23.9 Å². The molecule has 0 aromatic heterocycles. The molecule has 190 valence electrons. The van der Waals surface area contributed by atoms with Crippen molar-refractivity contribution in [1.82, 2.24) is 25.8 Å². The number of nitrogens with one attached hydrogen (secondary N) is 3. The van der Waals surface area contributed by atoms with Gasteiger partial charge in [0.2, 0.25) is 11.8 Å². The summed E-state index contributed by atoms with van der Waals surface area (Å²) in [6.45, 7) is 5.21. The van der Waals surface area contributed by atoms with Crippen LogP contribution in [-0.2, 0) is 9.59 Å². The predicted octanol–water partition coefficient (Wildman–Crippen LogP) is 1.65. The Kier molecular flexibility index (Phi) is 8.32. The number of amides is 2. The van der Waals surface area contributed by atoms with E-state index in [1.807, 2.05) is 4.90 Å². The molecule has 2 aliphatic heterocycles. The van der Waals surface area contributed by atoms with Crippen LogP contribution < -0.4 is 21.7 Å². The summed E-state index contributed by atoms with van der Waals surface area (Å²) < 4.78 is 0. The Bertz CT molecular complexity index is 798. The Morgan fingerprint density at radius 3 is 2.79 bits per heavy atom. The molecule has 8 heteroatoms. The molecule has 8 nitrogen and oxygen atoms in total. The lowest BCUT2D eigenvalue weighted by Crippen LogP contribution is -2.61. The Labute approximate surface area is 204 Å². The summed E-state index contributed by atoms with van der Waals surface area (Å²) >= 11 is 0. The highest BCUT2D eigenvalue weighted by Gasteiger charge is 2.34. The molecule has 0 spiro atoms. The Balaban J connectivity index is 1.34. The van der Waals surface area contributed by atoms with E-state index in [1.54, 1.807) is 0 Å². The van der Waals surface area contributed by atoms with Crippen molar-refractivity contribution < 1.29 is 9.59 Å². The molecule has 7 atom stereocenters. The second-order valence-corrected chi connectivity index (χ2v) is 11.0. The predicted molar refractivity (Wildman–Crippen MR) is 134 cm³/mol. The quantitative estimate of drug-likeness (QED) is 0.439. The minimum atomic E-state index is -0.0740. The number of likely N-dealkylation sites (tertiary alicyclic amines) is 1. The van der Waals surface area contributed by atoms with Crippen molar-refractivity contribution >= 4 is 11.8 Å². The number of hydrogen-bond donors (Lipinski definition) is 4. The van der Waals surface area contributed by atoms with Crippen LogP contribution in [0.3, 0.4) is 0 Å². The van der Waals surface area contributed by atoms with E-state index in [0.29, 0.717) is 18.6 Å². The zero-order chi connectivity index (χ0) is 24.2. The Morgan fingerprint density at radius 1 is 1.21 bits per heavy atom. The van der Waals surface area contributed by atoms with E-state index < -0.39 is 0 Å². The molecule has 2 heterocycles. The summed E-state index contributed by atoms with van der Waals surface area (Å²) in [5, 5.41) is 10.3. The van der Waals surface area contributed by atoms with Crippen molar-refractivity contribution in [2.75, 3.05) is 20.1 Å². The van der Waals surface area contributed by atoms with Gasteiger partial charge in [0.25, 0.3) is 0 Å². The van der Waals surface area contributed by atoms with E-state index in [4.69, 9.17) is 5.73 Å². The van der Waals surface area contributed by atoms with E-state index >= 15 is 0 Å². The molecule has 0 aromatic rings. The first-order valence-electron chi connectivity index (χ1n) is 13.2. The second-order valence-electron chi connectivity index (χ2n) is 11.0. The number of allylic oxidation sites excluding steroid dienone is 2. The van der Waals surface area contributed by atoms with Crippen molar-refractivity contribution in [2.24, 2.45) is 17.6 Å². The van der Waals surface area contributed by atoms with E-state index in [-0.39, 0.29) is 36.1 Å². The van der Waals surface area contributed by atoms with Crippen LogP contribution in [0.1, 0.15) is 65.2 Å². The first-order valence-corrected chi connectivity index (χ1v) is 13.2. The maximum atomic E-state index is 13.2. The first kappa shape index (κ1) is 25.2. The normalized spacial score (nSPS) is 36.3. The molecule has 2 saturated heterocycles. The third-order valence-corrected chi connectivity index (χ3v) is 7.99. The van der Waals surface area contributed by atoms with E-state index in [1.165, 1.54) is 25.5 Å². The van der Waals surface area contributed by atoms with Gasteiger partial charge in [0.1, 0.15) is 0 Å². The second kappa shape index (κ2) is 11.2. The number of nitrogens with zero attached hydrogens (tertiary/aromatic N) is 2. The number of hydrogen-bond acceptors (Lipinski definition) is 6. The minimum absolute atomic E-state index is 0.0264. The van der Waals surface area contributed by atoms with E-state index in [9.17, 15) is 9.59 Å². The van der Waals surface area contributed by atoms with Gasteiger partial charge in [0.05, 0.1) is 18.2 Å². The molecule has 4 aliphatic rings. The maximum Gasteiger partial charge on any atom is 0.229 e. The molecule has 2 fully saturated rings. The van der Waals surface area contributed by atoms with Gasteiger partial charge in [-0.25, -0.2) is 0 Å². The number of piperidine rings is 1. The van der Waals surface area contributed by atoms with E-state index in [0.717, 1.165) is 51.0 Å². The molecule has 2 aliphatic carbocycles. The van der Waals surface area contributed by atoms with Gasteiger partial charge in [0, 0.05) is 43.8 Å². The maximum absolute atomic E-state index is 13.2. The van der Waals surface area contributed by atoms with Crippen molar-refractivity contribution in [2.45, 2.75) is 95.7 Å². The van der Waals surface area contributed by atoms with Gasteiger partial charge in [-0.3, -0.25) is 19.8 Å². The standard InChI is InChI=1S/C26H44N6O2/c1-17-6-4-9-23(12-17)31(3)25-15-22(14-24(27)30-25)29-20-8-5-7-19(13-20)26(34)32-11-10-21(16-32)28-18(2)33/h4,9,13,17,19,21-25,29-30H,5-8,10-12,14-16,27H2,1-3H3,(H,28,33)/t17?,19?,21-,22?,23?,24+,25?/m1/s1. The third-order valence-electron chi connectivity index (χ3n) is 7.99. The number of likely N-dealkylation sites (N-methyl/N-ethyl adjacent to an activating group) is 1. The minimum Gasteiger partial charge on any atom is -0.386 e. The van der Waals surface area contributed by atoms with Gasteiger partial charge in [-0.1, -0.05) is 25.2 Å². The summed E-state index contributed by atoms with van der Waals surface area (Å²) in [7, 11) is 2.21.